The van der Waals surface area contributed by atoms with E-state index in [0.29, 0.717) is 19.3 Å². The zero-order valence-corrected chi connectivity index (χ0v) is 48.9. The Morgan fingerprint density at radius 1 is 0.288 bits per heavy atom. The van der Waals surface area contributed by atoms with Gasteiger partial charge < -0.3 is 14.2 Å². The zero-order chi connectivity index (χ0) is 52.9. The second-order valence-electron chi connectivity index (χ2n) is 21.7. The Kier molecular flexibility index (Phi) is 59.7. The molecule has 0 aromatic rings. The molecule has 0 amide bonds. The van der Waals surface area contributed by atoms with Crippen LogP contribution in [-0.4, -0.2) is 37.2 Å². The minimum atomic E-state index is -0.768. The van der Waals surface area contributed by atoms with Crippen molar-refractivity contribution in [2.45, 2.75) is 348 Å². The first-order valence-corrected chi connectivity index (χ1v) is 32.1. The monoisotopic (exact) mass is 1020 g/mol. The average Bonchev–Trinajstić information content (AvgIpc) is 3.39. The van der Waals surface area contributed by atoms with Gasteiger partial charge in [0.2, 0.25) is 0 Å². The van der Waals surface area contributed by atoms with Crippen molar-refractivity contribution < 1.29 is 28.6 Å². The van der Waals surface area contributed by atoms with E-state index in [4.69, 9.17) is 14.2 Å². The van der Waals surface area contributed by atoms with E-state index in [2.05, 4.69) is 69.4 Å². The fourth-order valence-corrected chi connectivity index (χ4v) is 9.56. The van der Waals surface area contributed by atoms with Crippen molar-refractivity contribution >= 4 is 17.9 Å². The number of hydrogen-bond donors (Lipinski definition) is 0. The SMILES string of the molecule is CC/C=C\C/C=C\C/C=C\C/C=C\CCCCCCCCCCCCCCCCC(=O)OCC(COC(=O)CCCCCCCCCCC)OC(=O)CCCCCCCCCCCCCCCCCCCCC. The second-order valence-corrected chi connectivity index (χ2v) is 21.7. The van der Waals surface area contributed by atoms with Gasteiger partial charge in [-0.2, -0.15) is 0 Å². The van der Waals surface area contributed by atoms with Crippen LogP contribution < -0.4 is 0 Å². The van der Waals surface area contributed by atoms with Crippen LogP contribution >= 0.6 is 0 Å². The van der Waals surface area contributed by atoms with Gasteiger partial charge in [0.25, 0.3) is 0 Å². The molecule has 0 radical (unpaired) electrons. The molecule has 0 heterocycles. The molecule has 0 N–H and O–H groups in total. The first kappa shape index (κ1) is 70.4. The molecule has 6 nitrogen and oxygen atoms in total. The summed E-state index contributed by atoms with van der Waals surface area (Å²) in [5.74, 6) is -0.848. The molecule has 0 spiro atoms. The summed E-state index contributed by atoms with van der Waals surface area (Å²) in [5.41, 5.74) is 0. The van der Waals surface area contributed by atoms with Gasteiger partial charge >= 0.3 is 17.9 Å². The summed E-state index contributed by atoms with van der Waals surface area (Å²) in [6.07, 6.45) is 77.0. The van der Waals surface area contributed by atoms with Crippen molar-refractivity contribution in [1.29, 1.82) is 0 Å². The lowest BCUT2D eigenvalue weighted by molar-refractivity contribution is -0.167. The first-order chi connectivity index (χ1) is 36.0. The Morgan fingerprint density at radius 2 is 0.534 bits per heavy atom. The fourth-order valence-electron chi connectivity index (χ4n) is 9.56. The van der Waals surface area contributed by atoms with Crippen LogP contribution in [0, 0.1) is 0 Å². The Hall–Kier alpha value is -2.63. The molecular formula is C67H122O6. The van der Waals surface area contributed by atoms with Crippen molar-refractivity contribution in [2.24, 2.45) is 0 Å². The summed E-state index contributed by atoms with van der Waals surface area (Å²) >= 11 is 0. The van der Waals surface area contributed by atoms with Gasteiger partial charge in [0, 0.05) is 19.3 Å². The van der Waals surface area contributed by atoms with E-state index in [1.807, 2.05) is 0 Å². The van der Waals surface area contributed by atoms with E-state index in [9.17, 15) is 14.4 Å². The van der Waals surface area contributed by atoms with Crippen molar-refractivity contribution in [3.63, 3.8) is 0 Å². The average molecular weight is 1020 g/mol. The highest BCUT2D eigenvalue weighted by atomic mass is 16.6. The standard InChI is InChI=1S/C67H122O6/c1-4-7-10-13-16-19-21-23-25-27-29-30-31-32-33-34-35-36-38-39-41-43-45-48-51-54-57-60-66(69)72-63-64(62-71-65(68)59-56-53-50-47-18-15-12-9-6-3)73-67(70)61-58-55-52-49-46-44-42-40-37-28-26-24-22-20-17-14-11-8-5-2/h7,10,16,19,23,25,29-30,64H,4-6,8-9,11-15,17-18,20-22,24,26-28,31-63H2,1-3H3/b10-7-,19-16-,25-23-,30-29-. The summed E-state index contributed by atoms with van der Waals surface area (Å²) in [5, 5.41) is 0. The van der Waals surface area contributed by atoms with E-state index in [-0.39, 0.29) is 31.1 Å². The third-order valence-electron chi connectivity index (χ3n) is 14.3. The number of carbonyl (C=O) groups is 3. The van der Waals surface area contributed by atoms with Crippen LogP contribution in [0.5, 0.6) is 0 Å². The second kappa shape index (κ2) is 61.9. The summed E-state index contributed by atoms with van der Waals surface area (Å²) in [6.45, 7) is 6.56. The maximum absolute atomic E-state index is 12.9. The lowest BCUT2D eigenvalue weighted by Gasteiger charge is -2.18. The third kappa shape index (κ3) is 60.1. The Bertz CT molecular complexity index is 1270. The fraction of sp³-hybridized carbons (Fsp3) is 0.836. The molecule has 1 atom stereocenters. The summed E-state index contributed by atoms with van der Waals surface area (Å²) < 4.78 is 16.9. The molecule has 0 bridgehead atoms. The van der Waals surface area contributed by atoms with Crippen LogP contribution in [-0.2, 0) is 28.6 Å². The molecule has 0 aliphatic heterocycles. The predicted molar refractivity (Wildman–Crippen MR) is 316 cm³/mol. The van der Waals surface area contributed by atoms with Crippen LogP contribution in [0.3, 0.4) is 0 Å². The van der Waals surface area contributed by atoms with E-state index in [0.717, 1.165) is 83.5 Å². The van der Waals surface area contributed by atoms with Gasteiger partial charge in [-0.25, -0.2) is 0 Å². The molecular weight excluding hydrogens is 901 g/mol. The number of unbranched alkanes of at least 4 members (excludes halogenated alkanes) is 40. The molecule has 0 aromatic carbocycles. The van der Waals surface area contributed by atoms with Crippen molar-refractivity contribution in [2.75, 3.05) is 13.2 Å². The number of rotatable bonds is 59. The molecule has 0 saturated heterocycles. The predicted octanol–water partition coefficient (Wildman–Crippen LogP) is 21.8. The van der Waals surface area contributed by atoms with Gasteiger partial charge in [0.1, 0.15) is 13.2 Å². The number of hydrogen-bond acceptors (Lipinski definition) is 6. The number of carbonyl (C=O) groups excluding carboxylic acids is 3. The zero-order valence-electron chi connectivity index (χ0n) is 48.9. The van der Waals surface area contributed by atoms with Crippen LogP contribution in [0.1, 0.15) is 342 Å². The third-order valence-corrected chi connectivity index (χ3v) is 14.3. The summed E-state index contributed by atoms with van der Waals surface area (Å²) in [4.78, 5) is 38.2. The van der Waals surface area contributed by atoms with Crippen LogP contribution in [0.15, 0.2) is 48.6 Å². The molecule has 0 rings (SSSR count). The first-order valence-electron chi connectivity index (χ1n) is 32.1. The Morgan fingerprint density at radius 3 is 0.836 bits per heavy atom. The highest BCUT2D eigenvalue weighted by Crippen LogP contribution is 2.18. The highest BCUT2D eigenvalue weighted by molar-refractivity contribution is 5.71. The van der Waals surface area contributed by atoms with Crippen molar-refractivity contribution in [1.82, 2.24) is 0 Å². The molecule has 0 fully saturated rings. The van der Waals surface area contributed by atoms with E-state index in [1.165, 1.54) is 218 Å². The maximum atomic E-state index is 12.9. The van der Waals surface area contributed by atoms with Gasteiger partial charge in [-0.15, -0.1) is 0 Å². The quantitative estimate of drug-likeness (QED) is 0.0261. The number of ether oxygens (including phenoxy) is 3. The van der Waals surface area contributed by atoms with E-state index >= 15 is 0 Å². The van der Waals surface area contributed by atoms with Gasteiger partial charge in [-0.05, 0) is 57.8 Å². The van der Waals surface area contributed by atoms with E-state index < -0.39 is 6.10 Å². The number of allylic oxidation sites excluding steroid dienone is 8. The summed E-state index contributed by atoms with van der Waals surface area (Å²) in [6, 6.07) is 0. The topological polar surface area (TPSA) is 78.9 Å². The molecule has 0 aliphatic rings. The normalized spacial score (nSPS) is 12.3. The molecule has 0 aromatic heterocycles. The highest BCUT2D eigenvalue weighted by Gasteiger charge is 2.19. The van der Waals surface area contributed by atoms with Crippen LogP contribution in [0.2, 0.25) is 0 Å². The lowest BCUT2D eigenvalue weighted by atomic mass is 10.0. The Labute approximate surface area is 454 Å². The van der Waals surface area contributed by atoms with Crippen molar-refractivity contribution in [3.05, 3.63) is 48.6 Å². The molecule has 6 heteroatoms. The minimum absolute atomic E-state index is 0.0672. The van der Waals surface area contributed by atoms with Crippen molar-refractivity contribution in [3.8, 4) is 0 Å². The Balaban J connectivity index is 4.14. The smallest absolute Gasteiger partial charge is 0.306 e. The number of esters is 3. The molecule has 426 valence electrons. The van der Waals surface area contributed by atoms with Gasteiger partial charge in [-0.3, -0.25) is 14.4 Å². The molecule has 73 heavy (non-hydrogen) atoms. The van der Waals surface area contributed by atoms with Crippen LogP contribution in [0.25, 0.3) is 0 Å². The van der Waals surface area contributed by atoms with E-state index in [1.54, 1.807) is 0 Å². The van der Waals surface area contributed by atoms with Crippen LogP contribution in [0.4, 0.5) is 0 Å². The molecule has 0 saturated carbocycles. The lowest BCUT2D eigenvalue weighted by Crippen LogP contribution is -2.30. The van der Waals surface area contributed by atoms with Gasteiger partial charge in [-0.1, -0.05) is 313 Å². The minimum Gasteiger partial charge on any atom is -0.462 e. The van der Waals surface area contributed by atoms with Gasteiger partial charge in [0.05, 0.1) is 0 Å². The molecule has 0 aliphatic carbocycles. The largest absolute Gasteiger partial charge is 0.462 e. The molecule has 1 unspecified atom stereocenters. The van der Waals surface area contributed by atoms with Gasteiger partial charge in [0.15, 0.2) is 6.10 Å². The maximum Gasteiger partial charge on any atom is 0.306 e. The summed E-state index contributed by atoms with van der Waals surface area (Å²) in [7, 11) is 0.